The summed E-state index contributed by atoms with van der Waals surface area (Å²) in [5.41, 5.74) is 2.74. The summed E-state index contributed by atoms with van der Waals surface area (Å²) in [7, 11) is 0. The number of aromatic nitrogens is 2. The smallest absolute Gasteiger partial charge is 0.251 e. The average molecular weight is 373 g/mol. The van der Waals surface area contributed by atoms with E-state index in [0.717, 1.165) is 24.0 Å². The first-order valence-corrected chi connectivity index (χ1v) is 9.66. The van der Waals surface area contributed by atoms with Crippen LogP contribution in [0.3, 0.4) is 0 Å². The molecule has 1 N–H and O–H groups in total. The van der Waals surface area contributed by atoms with Gasteiger partial charge in [0.25, 0.3) is 5.91 Å². The molecule has 1 amide bonds. The van der Waals surface area contributed by atoms with Gasteiger partial charge in [-0.25, -0.2) is 4.98 Å². The molecule has 0 bridgehead atoms. The summed E-state index contributed by atoms with van der Waals surface area (Å²) in [4.78, 5) is 21.2. The predicted molar refractivity (Wildman–Crippen MR) is 108 cm³/mol. The van der Waals surface area contributed by atoms with Crippen molar-refractivity contribution in [1.29, 1.82) is 0 Å². The van der Waals surface area contributed by atoms with Gasteiger partial charge in [0.15, 0.2) is 5.82 Å². The summed E-state index contributed by atoms with van der Waals surface area (Å²) < 4.78 is 5.86. The monoisotopic (exact) mass is 373 g/mol. The van der Waals surface area contributed by atoms with E-state index in [2.05, 4.69) is 15.3 Å². The zero-order valence-electron chi connectivity index (χ0n) is 15.9. The Morgan fingerprint density at radius 2 is 1.86 bits per heavy atom. The largest absolute Gasteiger partial charge is 0.439 e. The maximum absolute atomic E-state index is 12.3. The second kappa shape index (κ2) is 8.21. The number of carbonyl (C=O) groups is 1. The second-order valence-corrected chi connectivity index (χ2v) is 7.17. The van der Waals surface area contributed by atoms with Crippen LogP contribution < -0.4 is 10.1 Å². The Morgan fingerprint density at radius 3 is 2.61 bits per heavy atom. The molecule has 1 heterocycles. The Balaban J connectivity index is 1.44. The number of nitrogens with one attached hydrogen (secondary N) is 1. The number of hydrogen-bond donors (Lipinski definition) is 1. The van der Waals surface area contributed by atoms with Crippen molar-refractivity contribution >= 4 is 5.91 Å². The third-order valence-electron chi connectivity index (χ3n) is 4.94. The van der Waals surface area contributed by atoms with Crippen LogP contribution in [0.2, 0.25) is 0 Å². The Kier molecular flexibility index (Phi) is 5.33. The molecular formula is C23H23N3O2. The third-order valence-corrected chi connectivity index (χ3v) is 4.94. The van der Waals surface area contributed by atoms with Gasteiger partial charge in [-0.05, 0) is 50.1 Å². The van der Waals surface area contributed by atoms with Crippen molar-refractivity contribution in [3.8, 4) is 23.0 Å². The van der Waals surface area contributed by atoms with E-state index in [1.807, 2.05) is 31.2 Å². The Labute approximate surface area is 164 Å². The van der Waals surface area contributed by atoms with Crippen molar-refractivity contribution in [3.05, 3.63) is 71.9 Å². The van der Waals surface area contributed by atoms with Gasteiger partial charge in [-0.15, -0.1) is 0 Å². The Bertz CT molecular complexity index is 964. The van der Waals surface area contributed by atoms with E-state index in [1.54, 1.807) is 36.5 Å². The Morgan fingerprint density at radius 1 is 1.07 bits per heavy atom. The normalized spacial score (nSPS) is 14.0. The molecule has 0 saturated heterocycles. The molecule has 0 radical (unpaired) electrons. The fourth-order valence-corrected chi connectivity index (χ4v) is 3.46. The predicted octanol–water partition coefficient (Wildman–Crippen LogP) is 4.92. The number of amides is 1. The summed E-state index contributed by atoms with van der Waals surface area (Å²) in [5, 5.41) is 3.09. The van der Waals surface area contributed by atoms with Gasteiger partial charge in [0.1, 0.15) is 5.75 Å². The van der Waals surface area contributed by atoms with E-state index in [0.29, 0.717) is 29.1 Å². The van der Waals surface area contributed by atoms with Crippen molar-refractivity contribution in [2.24, 2.45) is 0 Å². The summed E-state index contributed by atoms with van der Waals surface area (Å²) in [5.74, 6) is 1.69. The van der Waals surface area contributed by atoms with Gasteiger partial charge in [0, 0.05) is 29.4 Å². The van der Waals surface area contributed by atoms with Crippen LogP contribution in [-0.4, -0.2) is 21.9 Å². The lowest BCUT2D eigenvalue weighted by Gasteiger charge is -2.12. The number of rotatable bonds is 5. The molecule has 3 aromatic rings. The van der Waals surface area contributed by atoms with Gasteiger partial charge < -0.3 is 10.1 Å². The maximum Gasteiger partial charge on any atom is 0.251 e. The molecule has 5 nitrogen and oxygen atoms in total. The van der Waals surface area contributed by atoms with Crippen LogP contribution in [0.1, 0.15) is 41.6 Å². The maximum atomic E-state index is 12.3. The highest BCUT2D eigenvalue weighted by Gasteiger charge is 2.17. The van der Waals surface area contributed by atoms with E-state index in [4.69, 9.17) is 4.74 Å². The highest BCUT2D eigenvalue weighted by atomic mass is 16.5. The van der Waals surface area contributed by atoms with Crippen molar-refractivity contribution in [3.63, 3.8) is 0 Å². The van der Waals surface area contributed by atoms with Crippen LogP contribution in [0.25, 0.3) is 11.4 Å². The minimum Gasteiger partial charge on any atom is -0.439 e. The van der Waals surface area contributed by atoms with Crippen molar-refractivity contribution in [2.75, 3.05) is 0 Å². The van der Waals surface area contributed by atoms with E-state index >= 15 is 0 Å². The standard InChI is InChI=1S/C23H23N3O2/c1-16-5-4-6-18(15-16)22-24-14-13-21(26-22)28-20-11-9-17(10-12-20)23(27)25-19-7-2-3-8-19/h4-6,9-15,19H,2-3,7-8H2,1H3,(H,25,27). The fraction of sp³-hybridized carbons (Fsp3) is 0.261. The van der Waals surface area contributed by atoms with E-state index in [1.165, 1.54) is 12.8 Å². The SMILES string of the molecule is Cc1cccc(-c2nccc(Oc3ccc(C(=O)NC4CCCC4)cc3)n2)c1. The topological polar surface area (TPSA) is 64.1 Å². The minimum absolute atomic E-state index is 0.0257. The molecular weight excluding hydrogens is 350 g/mol. The van der Waals surface area contributed by atoms with Crippen LogP contribution in [0, 0.1) is 6.92 Å². The van der Waals surface area contributed by atoms with Gasteiger partial charge in [-0.1, -0.05) is 36.6 Å². The number of ether oxygens (including phenoxy) is 1. The molecule has 142 valence electrons. The quantitative estimate of drug-likeness (QED) is 0.690. The number of nitrogens with zero attached hydrogens (tertiary/aromatic N) is 2. The molecule has 1 fully saturated rings. The van der Waals surface area contributed by atoms with Crippen LogP contribution in [0.5, 0.6) is 11.6 Å². The molecule has 1 saturated carbocycles. The lowest BCUT2D eigenvalue weighted by molar-refractivity contribution is 0.0938. The van der Waals surface area contributed by atoms with Gasteiger partial charge in [-0.3, -0.25) is 4.79 Å². The highest BCUT2D eigenvalue weighted by molar-refractivity contribution is 5.94. The molecule has 4 rings (SSSR count). The van der Waals surface area contributed by atoms with Crippen LogP contribution in [0.15, 0.2) is 60.8 Å². The molecule has 0 aliphatic heterocycles. The van der Waals surface area contributed by atoms with Gasteiger partial charge in [0.05, 0.1) is 0 Å². The van der Waals surface area contributed by atoms with E-state index in [-0.39, 0.29) is 5.91 Å². The summed E-state index contributed by atoms with van der Waals surface area (Å²) >= 11 is 0. The first kappa shape index (κ1) is 18.2. The average Bonchev–Trinajstić information content (AvgIpc) is 3.22. The van der Waals surface area contributed by atoms with E-state index in [9.17, 15) is 4.79 Å². The number of aryl methyl sites for hydroxylation is 1. The molecule has 0 atom stereocenters. The van der Waals surface area contributed by atoms with E-state index < -0.39 is 0 Å². The second-order valence-electron chi connectivity index (χ2n) is 7.17. The van der Waals surface area contributed by atoms with Crippen molar-refractivity contribution in [1.82, 2.24) is 15.3 Å². The molecule has 28 heavy (non-hydrogen) atoms. The third kappa shape index (κ3) is 4.36. The van der Waals surface area contributed by atoms with Crippen LogP contribution in [0.4, 0.5) is 0 Å². The minimum atomic E-state index is -0.0257. The summed E-state index contributed by atoms with van der Waals surface area (Å²) in [6, 6.07) is 17.2. The lowest BCUT2D eigenvalue weighted by Crippen LogP contribution is -2.32. The Hall–Kier alpha value is -3.21. The van der Waals surface area contributed by atoms with Gasteiger partial charge in [0.2, 0.25) is 5.88 Å². The first-order valence-electron chi connectivity index (χ1n) is 9.66. The van der Waals surface area contributed by atoms with Crippen molar-refractivity contribution < 1.29 is 9.53 Å². The summed E-state index contributed by atoms with van der Waals surface area (Å²) in [6.45, 7) is 2.04. The molecule has 1 aliphatic carbocycles. The number of benzene rings is 2. The molecule has 2 aromatic carbocycles. The molecule has 1 aliphatic rings. The molecule has 5 heteroatoms. The highest BCUT2D eigenvalue weighted by Crippen LogP contribution is 2.23. The molecule has 0 unspecified atom stereocenters. The fourth-order valence-electron chi connectivity index (χ4n) is 3.46. The van der Waals surface area contributed by atoms with Crippen molar-refractivity contribution in [2.45, 2.75) is 38.6 Å². The van der Waals surface area contributed by atoms with Gasteiger partial charge >= 0.3 is 0 Å². The zero-order valence-corrected chi connectivity index (χ0v) is 15.9. The molecule has 0 spiro atoms. The zero-order chi connectivity index (χ0) is 19.3. The first-order chi connectivity index (χ1) is 13.7. The molecule has 1 aromatic heterocycles. The lowest BCUT2D eigenvalue weighted by atomic mass is 10.1. The van der Waals surface area contributed by atoms with Crippen LogP contribution in [-0.2, 0) is 0 Å². The number of hydrogen-bond acceptors (Lipinski definition) is 4. The van der Waals surface area contributed by atoms with Gasteiger partial charge in [-0.2, -0.15) is 4.98 Å². The summed E-state index contributed by atoms with van der Waals surface area (Å²) in [6.07, 6.45) is 6.22. The number of carbonyl (C=O) groups excluding carboxylic acids is 1. The van der Waals surface area contributed by atoms with Crippen LogP contribution >= 0.6 is 0 Å².